The third-order valence-corrected chi connectivity index (χ3v) is 3.18. The van der Waals surface area contributed by atoms with E-state index in [1.54, 1.807) is 18.5 Å². The minimum atomic E-state index is -0.147. The summed E-state index contributed by atoms with van der Waals surface area (Å²) in [4.78, 5) is 20.4. The molecule has 0 saturated carbocycles. The summed E-state index contributed by atoms with van der Waals surface area (Å²) in [6.45, 7) is 4.61. The van der Waals surface area contributed by atoms with Crippen LogP contribution in [0.2, 0.25) is 0 Å². The SMILES string of the molecule is CCC(C)NC(=O)c1cc(NCc2ccccn2)ccn1. The Morgan fingerprint density at radius 3 is 2.81 bits per heavy atom. The number of carbonyl (C=O) groups is 1. The number of nitrogens with one attached hydrogen (secondary N) is 2. The number of anilines is 1. The van der Waals surface area contributed by atoms with E-state index in [1.807, 2.05) is 38.1 Å². The molecule has 0 spiro atoms. The molecule has 1 amide bonds. The lowest BCUT2D eigenvalue weighted by molar-refractivity contribution is 0.0934. The van der Waals surface area contributed by atoms with Crippen molar-refractivity contribution in [2.75, 3.05) is 5.32 Å². The van der Waals surface area contributed by atoms with Gasteiger partial charge in [-0.15, -0.1) is 0 Å². The predicted octanol–water partition coefficient (Wildman–Crippen LogP) is 2.62. The fourth-order valence-corrected chi connectivity index (χ4v) is 1.76. The highest BCUT2D eigenvalue weighted by Gasteiger charge is 2.10. The molecule has 1 atom stereocenters. The fourth-order valence-electron chi connectivity index (χ4n) is 1.76. The zero-order valence-corrected chi connectivity index (χ0v) is 12.3. The molecule has 2 N–H and O–H groups in total. The molecule has 5 heteroatoms. The van der Waals surface area contributed by atoms with Crippen LogP contribution in [0.15, 0.2) is 42.7 Å². The molecule has 110 valence electrons. The Morgan fingerprint density at radius 2 is 2.10 bits per heavy atom. The van der Waals surface area contributed by atoms with E-state index < -0.39 is 0 Å². The van der Waals surface area contributed by atoms with Crippen LogP contribution in [-0.2, 0) is 6.54 Å². The molecular formula is C16H20N4O. The smallest absolute Gasteiger partial charge is 0.270 e. The van der Waals surface area contributed by atoms with Gasteiger partial charge in [0, 0.05) is 24.1 Å². The quantitative estimate of drug-likeness (QED) is 0.855. The summed E-state index contributed by atoms with van der Waals surface area (Å²) in [7, 11) is 0. The average Bonchev–Trinajstić information content (AvgIpc) is 2.54. The summed E-state index contributed by atoms with van der Waals surface area (Å²) in [6.07, 6.45) is 4.28. The van der Waals surface area contributed by atoms with Gasteiger partial charge in [-0.1, -0.05) is 13.0 Å². The highest BCUT2D eigenvalue weighted by molar-refractivity contribution is 5.93. The lowest BCUT2D eigenvalue weighted by Crippen LogP contribution is -2.32. The standard InChI is InChI=1S/C16H20N4O/c1-3-12(2)20-16(21)15-10-13(7-9-18-15)19-11-14-6-4-5-8-17-14/h4-10,12H,3,11H2,1-2H3,(H,18,19)(H,20,21). The minimum Gasteiger partial charge on any atom is -0.379 e. The van der Waals surface area contributed by atoms with Gasteiger partial charge in [-0.25, -0.2) is 0 Å². The van der Waals surface area contributed by atoms with Gasteiger partial charge in [-0.05, 0) is 37.6 Å². The Labute approximate surface area is 124 Å². The Hall–Kier alpha value is -2.43. The maximum absolute atomic E-state index is 12.0. The maximum Gasteiger partial charge on any atom is 0.270 e. The molecule has 2 aromatic rings. The predicted molar refractivity (Wildman–Crippen MR) is 83.0 cm³/mol. The maximum atomic E-state index is 12.0. The van der Waals surface area contributed by atoms with Crippen LogP contribution in [0.25, 0.3) is 0 Å². The molecule has 0 fully saturated rings. The summed E-state index contributed by atoms with van der Waals surface area (Å²) < 4.78 is 0. The summed E-state index contributed by atoms with van der Waals surface area (Å²) in [6, 6.07) is 9.51. The first-order chi connectivity index (χ1) is 10.2. The van der Waals surface area contributed by atoms with Gasteiger partial charge in [0.1, 0.15) is 5.69 Å². The van der Waals surface area contributed by atoms with Crippen LogP contribution in [0.1, 0.15) is 36.5 Å². The highest BCUT2D eigenvalue weighted by Crippen LogP contribution is 2.10. The van der Waals surface area contributed by atoms with Crippen molar-refractivity contribution in [2.24, 2.45) is 0 Å². The van der Waals surface area contributed by atoms with Gasteiger partial charge in [-0.2, -0.15) is 0 Å². The van der Waals surface area contributed by atoms with E-state index in [4.69, 9.17) is 0 Å². The number of hydrogen-bond donors (Lipinski definition) is 2. The first kappa shape index (κ1) is 15.0. The first-order valence-electron chi connectivity index (χ1n) is 7.09. The van der Waals surface area contributed by atoms with Gasteiger partial charge in [0.2, 0.25) is 0 Å². The number of nitrogens with zero attached hydrogens (tertiary/aromatic N) is 2. The van der Waals surface area contributed by atoms with Crippen LogP contribution in [0.4, 0.5) is 5.69 Å². The number of pyridine rings is 2. The van der Waals surface area contributed by atoms with Crippen molar-refractivity contribution in [1.82, 2.24) is 15.3 Å². The topological polar surface area (TPSA) is 66.9 Å². The van der Waals surface area contributed by atoms with Crippen LogP contribution < -0.4 is 10.6 Å². The number of rotatable bonds is 6. The molecule has 2 aromatic heterocycles. The molecule has 21 heavy (non-hydrogen) atoms. The van der Waals surface area contributed by atoms with E-state index in [1.165, 1.54) is 0 Å². The molecule has 5 nitrogen and oxygen atoms in total. The zero-order valence-electron chi connectivity index (χ0n) is 12.3. The van der Waals surface area contributed by atoms with Crippen molar-refractivity contribution in [1.29, 1.82) is 0 Å². The van der Waals surface area contributed by atoms with Crippen LogP contribution >= 0.6 is 0 Å². The second-order valence-corrected chi connectivity index (χ2v) is 4.89. The molecule has 1 unspecified atom stereocenters. The van der Waals surface area contributed by atoms with E-state index in [9.17, 15) is 4.79 Å². The fraction of sp³-hybridized carbons (Fsp3) is 0.312. The van der Waals surface area contributed by atoms with E-state index >= 15 is 0 Å². The van der Waals surface area contributed by atoms with Crippen LogP contribution in [0.3, 0.4) is 0 Å². The number of amides is 1. The van der Waals surface area contributed by atoms with Gasteiger partial charge in [0.05, 0.1) is 12.2 Å². The van der Waals surface area contributed by atoms with E-state index in [2.05, 4.69) is 20.6 Å². The number of aromatic nitrogens is 2. The van der Waals surface area contributed by atoms with Crippen molar-refractivity contribution in [3.8, 4) is 0 Å². The van der Waals surface area contributed by atoms with Crippen LogP contribution in [0.5, 0.6) is 0 Å². The average molecular weight is 284 g/mol. The molecule has 2 heterocycles. The summed E-state index contributed by atoms with van der Waals surface area (Å²) in [5.74, 6) is -0.147. The number of hydrogen-bond acceptors (Lipinski definition) is 4. The van der Waals surface area contributed by atoms with Gasteiger partial charge in [0.25, 0.3) is 5.91 Å². The Balaban J connectivity index is 1.99. The van der Waals surface area contributed by atoms with Gasteiger partial charge in [-0.3, -0.25) is 14.8 Å². The van der Waals surface area contributed by atoms with Crippen molar-refractivity contribution in [3.05, 3.63) is 54.1 Å². The molecule has 0 radical (unpaired) electrons. The Morgan fingerprint density at radius 1 is 1.24 bits per heavy atom. The first-order valence-corrected chi connectivity index (χ1v) is 7.09. The lowest BCUT2D eigenvalue weighted by atomic mass is 10.2. The summed E-state index contributed by atoms with van der Waals surface area (Å²) in [5, 5.41) is 6.15. The minimum absolute atomic E-state index is 0.143. The molecule has 2 rings (SSSR count). The van der Waals surface area contributed by atoms with Crippen LogP contribution in [0, 0.1) is 0 Å². The third-order valence-electron chi connectivity index (χ3n) is 3.18. The highest BCUT2D eigenvalue weighted by atomic mass is 16.1. The summed E-state index contributed by atoms with van der Waals surface area (Å²) in [5.41, 5.74) is 2.21. The number of carbonyl (C=O) groups excluding carboxylic acids is 1. The van der Waals surface area contributed by atoms with Gasteiger partial charge in [0.15, 0.2) is 0 Å². The monoisotopic (exact) mass is 284 g/mol. The second-order valence-electron chi connectivity index (χ2n) is 4.89. The Kier molecular flexibility index (Phi) is 5.26. The van der Waals surface area contributed by atoms with Crippen molar-refractivity contribution >= 4 is 11.6 Å². The lowest BCUT2D eigenvalue weighted by Gasteiger charge is -2.12. The molecule has 0 aliphatic rings. The largest absolute Gasteiger partial charge is 0.379 e. The van der Waals surface area contributed by atoms with Crippen molar-refractivity contribution in [2.45, 2.75) is 32.9 Å². The normalized spacial score (nSPS) is 11.7. The van der Waals surface area contributed by atoms with Gasteiger partial charge < -0.3 is 10.6 Å². The molecule has 0 saturated heterocycles. The van der Waals surface area contributed by atoms with Crippen molar-refractivity contribution < 1.29 is 4.79 Å². The second kappa shape index (κ2) is 7.38. The Bertz CT molecular complexity index is 586. The zero-order chi connectivity index (χ0) is 15.1. The molecule has 0 aliphatic carbocycles. The van der Waals surface area contributed by atoms with Crippen molar-refractivity contribution in [3.63, 3.8) is 0 Å². The van der Waals surface area contributed by atoms with E-state index in [0.717, 1.165) is 17.8 Å². The van der Waals surface area contributed by atoms with Gasteiger partial charge >= 0.3 is 0 Å². The summed E-state index contributed by atoms with van der Waals surface area (Å²) >= 11 is 0. The van der Waals surface area contributed by atoms with E-state index in [0.29, 0.717) is 12.2 Å². The van der Waals surface area contributed by atoms with Crippen LogP contribution in [-0.4, -0.2) is 21.9 Å². The molecular weight excluding hydrogens is 264 g/mol. The molecule has 0 aliphatic heterocycles. The molecule has 0 aromatic carbocycles. The molecule has 0 bridgehead atoms. The third kappa shape index (κ3) is 4.56. The van der Waals surface area contributed by atoms with E-state index in [-0.39, 0.29) is 11.9 Å².